The molecule has 1 aromatic heterocycles. The minimum atomic E-state index is -3.33. The highest BCUT2D eigenvalue weighted by Gasteiger charge is 2.30. The van der Waals surface area contributed by atoms with Crippen LogP contribution in [-0.2, 0) is 10.0 Å². The van der Waals surface area contributed by atoms with E-state index in [1.165, 1.54) is 15.6 Å². The number of piperazine rings is 1. The average Bonchev–Trinajstić information content (AvgIpc) is 2.92. The molecule has 0 unspecified atom stereocenters. The van der Waals surface area contributed by atoms with Gasteiger partial charge in [0.05, 0.1) is 12.1 Å². The summed E-state index contributed by atoms with van der Waals surface area (Å²) >= 11 is 1.24. The first kappa shape index (κ1) is 13.5. The van der Waals surface area contributed by atoms with Crippen molar-refractivity contribution in [2.24, 2.45) is 0 Å². The summed E-state index contributed by atoms with van der Waals surface area (Å²) in [7, 11) is -3.33. The Morgan fingerprint density at radius 3 is 2.56 bits per heavy atom. The zero-order chi connectivity index (χ0) is 13.2. The summed E-state index contributed by atoms with van der Waals surface area (Å²) < 4.78 is 26.4. The molecule has 1 aliphatic rings. The van der Waals surface area contributed by atoms with Gasteiger partial charge in [0.1, 0.15) is 4.21 Å². The van der Waals surface area contributed by atoms with Crippen LogP contribution in [0.25, 0.3) is 0 Å². The van der Waals surface area contributed by atoms with Crippen molar-refractivity contribution in [2.45, 2.75) is 17.2 Å². The number of nitrogens with zero attached hydrogens (tertiary/aromatic N) is 3. The van der Waals surface area contributed by atoms with Crippen molar-refractivity contribution in [3.8, 4) is 6.07 Å². The number of thiophene rings is 1. The first-order chi connectivity index (χ1) is 8.55. The first-order valence-electron chi connectivity index (χ1n) is 5.73. The normalized spacial score (nSPS) is 20.4. The van der Waals surface area contributed by atoms with Crippen LogP contribution in [0.4, 0.5) is 0 Å². The molecule has 0 radical (unpaired) electrons. The molecule has 1 saturated heterocycles. The summed E-state index contributed by atoms with van der Waals surface area (Å²) in [5.41, 5.74) is 0. The van der Waals surface area contributed by atoms with Gasteiger partial charge in [0.2, 0.25) is 0 Å². The van der Waals surface area contributed by atoms with Gasteiger partial charge in [0, 0.05) is 26.2 Å². The molecule has 2 rings (SSSR count). The Balaban J connectivity index is 2.05. The number of hydrogen-bond donors (Lipinski definition) is 0. The van der Waals surface area contributed by atoms with Crippen molar-refractivity contribution >= 4 is 21.4 Å². The van der Waals surface area contributed by atoms with E-state index in [1.807, 2.05) is 11.8 Å². The van der Waals surface area contributed by atoms with E-state index in [0.29, 0.717) is 30.4 Å². The van der Waals surface area contributed by atoms with E-state index in [9.17, 15) is 8.42 Å². The Morgan fingerprint density at radius 2 is 2.06 bits per heavy atom. The van der Waals surface area contributed by atoms with Crippen molar-refractivity contribution < 1.29 is 8.42 Å². The van der Waals surface area contributed by atoms with E-state index >= 15 is 0 Å². The molecule has 1 atom stereocenters. The van der Waals surface area contributed by atoms with Gasteiger partial charge in [-0.05, 0) is 18.4 Å². The van der Waals surface area contributed by atoms with Crippen LogP contribution in [0.1, 0.15) is 6.92 Å². The largest absolute Gasteiger partial charge is 0.286 e. The lowest BCUT2D eigenvalue weighted by Gasteiger charge is -2.34. The maximum absolute atomic E-state index is 12.2. The van der Waals surface area contributed by atoms with Gasteiger partial charge >= 0.3 is 0 Å². The average molecular weight is 285 g/mol. The Bertz CT molecular complexity index is 525. The van der Waals surface area contributed by atoms with Crippen molar-refractivity contribution in [1.29, 1.82) is 5.26 Å². The molecule has 0 spiro atoms. The van der Waals surface area contributed by atoms with Crippen LogP contribution < -0.4 is 0 Å². The molecule has 0 bridgehead atoms. The number of hydrogen-bond acceptors (Lipinski definition) is 5. The molecule has 0 aromatic carbocycles. The Labute approximate surface area is 111 Å². The molecule has 2 heterocycles. The fraction of sp³-hybridized carbons (Fsp3) is 0.545. The summed E-state index contributed by atoms with van der Waals surface area (Å²) in [4.78, 5) is 2.00. The van der Waals surface area contributed by atoms with Crippen LogP contribution in [0.2, 0.25) is 0 Å². The predicted octanol–water partition coefficient (Wildman–Crippen LogP) is 0.966. The van der Waals surface area contributed by atoms with Gasteiger partial charge in [-0.25, -0.2) is 8.42 Å². The first-order valence-corrected chi connectivity index (χ1v) is 8.05. The number of rotatable bonds is 3. The molecule has 98 valence electrons. The summed E-state index contributed by atoms with van der Waals surface area (Å²) in [6, 6.07) is 5.39. The van der Waals surface area contributed by atoms with Crippen LogP contribution in [0, 0.1) is 11.3 Å². The summed E-state index contributed by atoms with van der Waals surface area (Å²) in [5.74, 6) is 0. The fourth-order valence-corrected chi connectivity index (χ4v) is 4.52. The minimum Gasteiger partial charge on any atom is -0.286 e. The lowest BCUT2D eigenvalue weighted by Crippen LogP contribution is -2.50. The maximum atomic E-state index is 12.2. The molecule has 0 N–H and O–H groups in total. The molecule has 1 aliphatic heterocycles. The Morgan fingerprint density at radius 1 is 1.39 bits per heavy atom. The van der Waals surface area contributed by atoms with Crippen LogP contribution in [0.5, 0.6) is 0 Å². The van der Waals surface area contributed by atoms with E-state index in [2.05, 4.69) is 6.07 Å². The van der Waals surface area contributed by atoms with Crippen LogP contribution >= 0.6 is 11.3 Å². The van der Waals surface area contributed by atoms with Gasteiger partial charge in [0.15, 0.2) is 0 Å². The van der Waals surface area contributed by atoms with Gasteiger partial charge < -0.3 is 0 Å². The topological polar surface area (TPSA) is 64.4 Å². The van der Waals surface area contributed by atoms with Gasteiger partial charge in [-0.2, -0.15) is 9.57 Å². The number of sulfonamides is 1. The second kappa shape index (κ2) is 5.36. The van der Waals surface area contributed by atoms with Crippen molar-refractivity contribution in [1.82, 2.24) is 9.21 Å². The Hall–Kier alpha value is -0.940. The molecular weight excluding hydrogens is 270 g/mol. The molecule has 0 amide bonds. The Kier molecular flexibility index (Phi) is 4.02. The summed E-state index contributed by atoms with van der Waals surface area (Å²) in [6.07, 6.45) is 0. The maximum Gasteiger partial charge on any atom is 0.252 e. The van der Waals surface area contributed by atoms with Crippen LogP contribution in [0.3, 0.4) is 0 Å². The molecule has 1 fully saturated rings. The standard InChI is InChI=1S/C11H15N3O2S2/c1-10(9-12)13-4-6-14(7-5-13)18(15,16)11-3-2-8-17-11/h2-3,8,10H,4-7H2,1H3/t10-/m1/s1. The zero-order valence-corrected chi connectivity index (χ0v) is 11.7. The lowest BCUT2D eigenvalue weighted by molar-refractivity contribution is 0.170. The van der Waals surface area contributed by atoms with Gasteiger partial charge in [-0.1, -0.05) is 6.07 Å². The van der Waals surface area contributed by atoms with E-state index in [-0.39, 0.29) is 6.04 Å². The smallest absolute Gasteiger partial charge is 0.252 e. The summed E-state index contributed by atoms with van der Waals surface area (Å²) in [6.45, 7) is 3.96. The molecule has 18 heavy (non-hydrogen) atoms. The van der Waals surface area contributed by atoms with Gasteiger partial charge in [-0.15, -0.1) is 11.3 Å². The highest BCUT2D eigenvalue weighted by molar-refractivity contribution is 7.91. The van der Waals surface area contributed by atoms with Crippen molar-refractivity contribution in [3.63, 3.8) is 0 Å². The third kappa shape index (κ3) is 2.57. The van der Waals surface area contributed by atoms with Gasteiger partial charge in [0.25, 0.3) is 10.0 Å². The second-order valence-corrected chi connectivity index (χ2v) is 7.29. The van der Waals surface area contributed by atoms with Crippen molar-refractivity contribution in [3.05, 3.63) is 17.5 Å². The van der Waals surface area contributed by atoms with Gasteiger partial charge in [-0.3, -0.25) is 4.90 Å². The minimum absolute atomic E-state index is 0.156. The molecule has 7 heteroatoms. The molecule has 0 aliphatic carbocycles. The van der Waals surface area contributed by atoms with Crippen molar-refractivity contribution in [2.75, 3.05) is 26.2 Å². The zero-order valence-electron chi connectivity index (χ0n) is 10.1. The quantitative estimate of drug-likeness (QED) is 0.830. The predicted molar refractivity (Wildman–Crippen MR) is 69.7 cm³/mol. The number of nitriles is 1. The van der Waals surface area contributed by atoms with E-state index in [1.54, 1.807) is 17.5 Å². The molecular formula is C11H15N3O2S2. The monoisotopic (exact) mass is 285 g/mol. The highest BCUT2D eigenvalue weighted by Crippen LogP contribution is 2.22. The fourth-order valence-electron chi connectivity index (χ4n) is 1.95. The lowest BCUT2D eigenvalue weighted by atomic mass is 10.2. The summed E-state index contributed by atoms with van der Waals surface area (Å²) in [5, 5.41) is 10.6. The third-order valence-electron chi connectivity index (χ3n) is 3.10. The van der Waals surface area contributed by atoms with Crippen LogP contribution in [0.15, 0.2) is 21.7 Å². The van der Waals surface area contributed by atoms with Crippen LogP contribution in [-0.4, -0.2) is 49.8 Å². The van der Waals surface area contributed by atoms with E-state index < -0.39 is 10.0 Å². The van der Waals surface area contributed by atoms with E-state index in [0.717, 1.165) is 0 Å². The molecule has 5 nitrogen and oxygen atoms in total. The molecule has 1 aromatic rings. The highest BCUT2D eigenvalue weighted by atomic mass is 32.2. The second-order valence-electron chi connectivity index (χ2n) is 4.18. The third-order valence-corrected chi connectivity index (χ3v) is 6.37. The van der Waals surface area contributed by atoms with E-state index in [4.69, 9.17) is 5.26 Å². The SMILES string of the molecule is C[C@H](C#N)N1CCN(S(=O)(=O)c2cccs2)CC1. The molecule has 0 saturated carbocycles.